The maximum absolute atomic E-state index is 10.00. The molecule has 0 saturated carbocycles. The summed E-state index contributed by atoms with van der Waals surface area (Å²) in [6.45, 7) is 1.52. The van der Waals surface area contributed by atoms with E-state index in [0.29, 0.717) is 0 Å². The Morgan fingerprint density at radius 2 is 1.86 bits per heavy atom. The Hall–Kier alpha value is -0.860. The molecule has 1 fully saturated rings. The molecule has 0 aromatic carbocycles. The van der Waals surface area contributed by atoms with Crippen LogP contribution in [-0.4, -0.2) is 11.9 Å². The lowest BCUT2D eigenvalue weighted by Crippen LogP contribution is -2.38. The zero-order valence-corrected chi connectivity index (χ0v) is 3.80. The molecule has 1 heterocycles. The van der Waals surface area contributed by atoms with Gasteiger partial charge in [0.15, 0.2) is 5.92 Å². The third-order valence-electron chi connectivity index (χ3n) is 0.908. The predicted molar refractivity (Wildman–Crippen MR) is 20.3 cm³/mol. The van der Waals surface area contributed by atoms with Crippen molar-refractivity contribution in [3.05, 3.63) is 0 Å². The van der Waals surface area contributed by atoms with Crippen LogP contribution in [0.5, 0.6) is 0 Å². The van der Waals surface area contributed by atoms with Crippen molar-refractivity contribution < 1.29 is 14.3 Å². The maximum Gasteiger partial charge on any atom is 0.327 e. The van der Waals surface area contributed by atoms with Crippen LogP contribution < -0.4 is 0 Å². The van der Waals surface area contributed by atoms with Gasteiger partial charge in [0, 0.05) is 0 Å². The topological polar surface area (TPSA) is 43.4 Å². The fourth-order valence-corrected chi connectivity index (χ4v) is 0.314. The second-order valence-electron chi connectivity index (χ2n) is 1.46. The number of hydrogen-bond donors (Lipinski definition) is 0. The van der Waals surface area contributed by atoms with Crippen LogP contribution >= 0.6 is 0 Å². The van der Waals surface area contributed by atoms with E-state index < -0.39 is 17.9 Å². The van der Waals surface area contributed by atoms with Crippen molar-refractivity contribution in [2.24, 2.45) is 5.92 Å². The Balaban J connectivity index is 2.59. The highest BCUT2D eigenvalue weighted by molar-refractivity contribution is 6.08. The minimum absolute atomic E-state index is 0.412. The zero-order valence-electron chi connectivity index (χ0n) is 3.80. The highest BCUT2D eigenvalue weighted by atomic mass is 16.6. The van der Waals surface area contributed by atoms with Crippen LogP contribution in [-0.2, 0) is 14.3 Å². The Bertz CT molecular complexity index is 113. The van der Waals surface area contributed by atoms with Gasteiger partial charge in [0.25, 0.3) is 0 Å². The molecule has 0 aromatic heterocycles. The quantitative estimate of drug-likeness (QED) is 0.310. The van der Waals surface area contributed by atoms with Crippen molar-refractivity contribution in [1.82, 2.24) is 0 Å². The highest BCUT2D eigenvalue weighted by Gasteiger charge is 2.36. The van der Waals surface area contributed by atoms with E-state index in [2.05, 4.69) is 4.74 Å². The summed E-state index contributed by atoms with van der Waals surface area (Å²) in [5.41, 5.74) is 0. The molecule has 0 radical (unpaired) electrons. The van der Waals surface area contributed by atoms with Gasteiger partial charge in [-0.2, -0.15) is 0 Å². The average Bonchev–Trinajstić information content (AvgIpc) is 1.68. The predicted octanol–water partition coefficient (Wildman–Crippen LogP) is -0.294. The lowest BCUT2D eigenvalue weighted by Gasteiger charge is -2.16. The molecule has 3 nitrogen and oxygen atoms in total. The first kappa shape index (κ1) is 4.30. The fourth-order valence-electron chi connectivity index (χ4n) is 0.314. The van der Waals surface area contributed by atoms with Crippen LogP contribution in [0.15, 0.2) is 0 Å². The summed E-state index contributed by atoms with van der Waals surface area (Å²) in [4.78, 5) is 20.0. The summed E-state index contributed by atoms with van der Waals surface area (Å²) in [6, 6.07) is 0. The van der Waals surface area contributed by atoms with Crippen molar-refractivity contribution >= 4 is 11.9 Å². The number of ether oxygens (including phenoxy) is 1. The molecule has 0 bridgehead atoms. The van der Waals surface area contributed by atoms with Gasteiger partial charge < -0.3 is 4.74 Å². The minimum Gasteiger partial charge on any atom is -0.392 e. The fraction of sp³-hybridized carbons (Fsp3) is 0.500. The van der Waals surface area contributed by atoms with Crippen molar-refractivity contribution in [3.8, 4) is 0 Å². The molecule has 1 aliphatic rings. The molecule has 0 amide bonds. The van der Waals surface area contributed by atoms with Gasteiger partial charge in [0.2, 0.25) is 0 Å². The smallest absolute Gasteiger partial charge is 0.327 e. The molecule has 0 spiro atoms. The first-order valence-electron chi connectivity index (χ1n) is 1.97. The first-order valence-corrected chi connectivity index (χ1v) is 1.97. The molecule has 0 unspecified atom stereocenters. The molecule has 7 heavy (non-hydrogen) atoms. The maximum atomic E-state index is 10.00. The lowest BCUT2D eigenvalue weighted by atomic mass is 10.1. The SMILES string of the molecule is CC1C(=O)OC1=O. The Morgan fingerprint density at radius 1 is 1.43 bits per heavy atom. The Kier molecular flexibility index (Phi) is 0.648. The molecule has 0 aromatic rings. The first-order chi connectivity index (χ1) is 3.22. The summed E-state index contributed by atoms with van der Waals surface area (Å²) >= 11 is 0. The van der Waals surface area contributed by atoms with Gasteiger partial charge in [0.05, 0.1) is 0 Å². The van der Waals surface area contributed by atoms with E-state index in [1.165, 1.54) is 6.92 Å². The lowest BCUT2D eigenvalue weighted by molar-refractivity contribution is -0.182. The number of esters is 2. The second-order valence-corrected chi connectivity index (χ2v) is 1.46. The molecular weight excluding hydrogens is 96.0 g/mol. The molecule has 1 saturated heterocycles. The van der Waals surface area contributed by atoms with E-state index in [1.54, 1.807) is 0 Å². The van der Waals surface area contributed by atoms with Crippen LogP contribution in [0, 0.1) is 5.92 Å². The largest absolute Gasteiger partial charge is 0.392 e. The minimum atomic E-state index is -0.500. The van der Waals surface area contributed by atoms with Gasteiger partial charge in [-0.25, -0.2) is 0 Å². The van der Waals surface area contributed by atoms with E-state index in [4.69, 9.17) is 0 Å². The van der Waals surface area contributed by atoms with Crippen LogP contribution in [0.25, 0.3) is 0 Å². The van der Waals surface area contributed by atoms with Crippen LogP contribution in [0.1, 0.15) is 6.92 Å². The van der Waals surface area contributed by atoms with E-state index in [-0.39, 0.29) is 0 Å². The Labute approximate surface area is 40.3 Å². The molecule has 3 heteroatoms. The third kappa shape index (κ3) is 0.408. The average molecular weight is 100 g/mol. The number of carbonyl (C=O) groups excluding carboxylic acids is 2. The second kappa shape index (κ2) is 1.05. The summed E-state index contributed by atoms with van der Waals surface area (Å²) in [5, 5.41) is 0. The summed E-state index contributed by atoms with van der Waals surface area (Å²) in [7, 11) is 0. The van der Waals surface area contributed by atoms with Crippen molar-refractivity contribution in [2.45, 2.75) is 6.92 Å². The van der Waals surface area contributed by atoms with Gasteiger partial charge in [-0.1, -0.05) is 0 Å². The number of carbonyl (C=O) groups is 2. The molecule has 0 N–H and O–H groups in total. The van der Waals surface area contributed by atoms with Crippen molar-refractivity contribution in [1.29, 1.82) is 0 Å². The van der Waals surface area contributed by atoms with Crippen molar-refractivity contribution in [3.63, 3.8) is 0 Å². The number of cyclic esters (lactones) is 2. The monoisotopic (exact) mass is 100 g/mol. The van der Waals surface area contributed by atoms with E-state index >= 15 is 0 Å². The molecule has 0 aliphatic carbocycles. The summed E-state index contributed by atoms with van der Waals surface area (Å²) in [6.07, 6.45) is 0. The summed E-state index contributed by atoms with van der Waals surface area (Å²) < 4.78 is 3.97. The standard InChI is InChI=1S/C4H4O3/c1-2-3(5)7-4(2)6/h2H,1H3. The van der Waals surface area contributed by atoms with Gasteiger partial charge >= 0.3 is 11.9 Å². The third-order valence-corrected chi connectivity index (χ3v) is 0.908. The molecule has 38 valence electrons. The molecule has 0 atom stereocenters. The van der Waals surface area contributed by atoms with Crippen LogP contribution in [0.3, 0.4) is 0 Å². The van der Waals surface area contributed by atoms with Gasteiger partial charge in [0.1, 0.15) is 0 Å². The normalized spacial score (nSPS) is 21.3. The van der Waals surface area contributed by atoms with Gasteiger partial charge in [-0.05, 0) is 6.92 Å². The van der Waals surface area contributed by atoms with Gasteiger partial charge in [-0.3, -0.25) is 9.59 Å². The van der Waals surface area contributed by atoms with Gasteiger partial charge in [-0.15, -0.1) is 0 Å². The van der Waals surface area contributed by atoms with Crippen LogP contribution in [0.4, 0.5) is 0 Å². The molecular formula is C4H4O3. The Morgan fingerprint density at radius 3 is 1.86 bits per heavy atom. The summed E-state index contributed by atoms with van der Waals surface area (Å²) in [5.74, 6) is -1.32. The van der Waals surface area contributed by atoms with Crippen molar-refractivity contribution in [2.75, 3.05) is 0 Å². The van der Waals surface area contributed by atoms with E-state index in [0.717, 1.165) is 0 Å². The molecule has 1 aliphatic heterocycles. The number of rotatable bonds is 0. The van der Waals surface area contributed by atoms with E-state index in [9.17, 15) is 9.59 Å². The molecule has 1 rings (SSSR count). The van der Waals surface area contributed by atoms with E-state index in [1.807, 2.05) is 0 Å². The number of hydrogen-bond acceptors (Lipinski definition) is 3. The highest BCUT2D eigenvalue weighted by Crippen LogP contribution is 2.11. The van der Waals surface area contributed by atoms with Crippen LogP contribution in [0.2, 0.25) is 0 Å². The zero-order chi connectivity index (χ0) is 5.44.